The summed E-state index contributed by atoms with van der Waals surface area (Å²) in [4.78, 5) is 17.8. The Kier molecular flexibility index (Phi) is 7.90. The minimum Gasteiger partial charge on any atom is -0.360 e. The predicted molar refractivity (Wildman–Crippen MR) is 153 cm³/mol. The van der Waals surface area contributed by atoms with E-state index >= 15 is 0 Å². The van der Waals surface area contributed by atoms with Gasteiger partial charge >= 0.3 is 6.03 Å². The molecular formula is C30H26Cl3N3O. The van der Waals surface area contributed by atoms with Crippen LogP contribution >= 0.6 is 34.8 Å². The van der Waals surface area contributed by atoms with Crippen molar-refractivity contribution in [1.29, 1.82) is 0 Å². The number of piperazine rings is 1. The molecule has 4 aromatic carbocycles. The first-order valence-electron chi connectivity index (χ1n) is 12.1. The van der Waals surface area contributed by atoms with Gasteiger partial charge in [0.1, 0.15) is 0 Å². The van der Waals surface area contributed by atoms with E-state index in [0.717, 1.165) is 22.4 Å². The first kappa shape index (κ1) is 25.5. The number of nitrogens with zero attached hydrogens (tertiary/aromatic N) is 2. The van der Waals surface area contributed by atoms with Crippen LogP contribution in [-0.4, -0.2) is 30.6 Å². The molecule has 2 amide bonds. The SMILES string of the molecule is O=C(NC(c1ccccc1)c1ccccc1)N1CCN(c2ccc(Cl)cc2Cl)C(c2ccc(Cl)cc2)C1. The van der Waals surface area contributed by atoms with E-state index < -0.39 is 0 Å². The molecule has 1 aliphatic rings. The summed E-state index contributed by atoms with van der Waals surface area (Å²) in [5.74, 6) is 0. The van der Waals surface area contributed by atoms with Gasteiger partial charge in [-0.15, -0.1) is 0 Å². The van der Waals surface area contributed by atoms with Gasteiger partial charge in [0, 0.05) is 29.7 Å². The van der Waals surface area contributed by atoms with E-state index in [4.69, 9.17) is 34.8 Å². The Morgan fingerprint density at radius 1 is 0.757 bits per heavy atom. The van der Waals surface area contributed by atoms with Crippen LogP contribution in [0, 0.1) is 0 Å². The summed E-state index contributed by atoms with van der Waals surface area (Å²) in [5, 5.41) is 5.11. The van der Waals surface area contributed by atoms with Crippen LogP contribution in [0.2, 0.25) is 15.1 Å². The highest BCUT2D eigenvalue weighted by atomic mass is 35.5. The number of carbonyl (C=O) groups is 1. The molecule has 37 heavy (non-hydrogen) atoms. The summed E-state index contributed by atoms with van der Waals surface area (Å²) >= 11 is 18.9. The second-order valence-corrected chi connectivity index (χ2v) is 10.3. The average Bonchev–Trinajstić information content (AvgIpc) is 2.93. The Bertz CT molecular complexity index is 1310. The molecule has 1 N–H and O–H groups in total. The summed E-state index contributed by atoms with van der Waals surface area (Å²) in [6, 6.07) is 32.9. The molecule has 0 bridgehead atoms. The summed E-state index contributed by atoms with van der Waals surface area (Å²) in [6.45, 7) is 1.65. The molecule has 0 radical (unpaired) electrons. The summed E-state index contributed by atoms with van der Waals surface area (Å²) in [7, 11) is 0. The standard InChI is InChI=1S/C30H26Cl3N3O/c31-24-13-11-21(12-14-24)28-20-35(17-18-36(28)27-16-15-25(32)19-26(27)33)30(37)34-29(22-7-3-1-4-8-22)23-9-5-2-6-10-23/h1-16,19,28-29H,17-18,20H2,(H,34,37). The van der Waals surface area contributed by atoms with E-state index in [0.29, 0.717) is 34.7 Å². The third-order valence-corrected chi connectivity index (χ3v) is 7.46. The molecule has 0 aliphatic carbocycles. The number of hydrogen-bond donors (Lipinski definition) is 1. The zero-order chi connectivity index (χ0) is 25.8. The van der Waals surface area contributed by atoms with Gasteiger partial charge in [-0.3, -0.25) is 0 Å². The Morgan fingerprint density at radius 2 is 1.35 bits per heavy atom. The monoisotopic (exact) mass is 549 g/mol. The van der Waals surface area contributed by atoms with Crippen molar-refractivity contribution in [3.8, 4) is 0 Å². The van der Waals surface area contributed by atoms with Crippen LogP contribution in [0.5, 0.6) is 0 Å². The van der Waals surface area contributed by atoms with Crippen LogP contribution in [0.4, 0.5) is 10.5 Å². The van der Waals surface area contributed by atoms with Gasteiger partial charge in [0.25, 0.3) is 0 Å². The largest absolute Gasteiger partial charge is 0.360 e. The fraction of sp³-hybridized carbons (Fsp3) is 0.167. The Balaban J connectivity index is 1.42. The fourth-order valence-electron chi connectivity index (χ4n) is 4.81. The minimum absolute atomic E-state index is 0.109. The van der Waals surface area contributed by atoms with Crippen molar-refractivity contribution >= 4 is 46.5 Å². The molecule has 1 heterocycles. The molecule has 1 aliphatic heterocycles. The number of benzene rings is 4. The number of carbonyl (C=O) groups excluding carboxylic acids is 1. The van der Waals surface area contributed by atoms with Gasteiger partial charge in [-0.25, -0.2) is 4.79 Å². The van der Waals surface area contributed by atoms with E-state index in [-0.39, 0.29) is 18.1 Å². The number of anilines is 1. The number of amides is 2. The minimum atomic E-state index is -0.257. The molecule has 5 rings (SSSR count). The Hall–Kier alpha value is -3.18. The van der Waals surface area contributed by atoms with Crippen LogP contribution in [0.1, 0.15) is 28.8 Å². The lowest BCUT2D eigenvalue weighted by Gasteiger charge is -2.43. The lowest BCUT2D eigenvalue weighted by molar-refractivity contribution is 0.182. The van der Waals surface area contributed by atoms with Crippen LogP contribution < -0.4 is 10.2 Å². The normalized spacial score (nSPS) is 15.6. The van der Waals surface area contributed by atoms with E-state index in [1.807, 2.05) is 102 Å². The van der Waals surface area contributed by atoms with Crippen molar-refractivity contribution in [3.05, 3.63) is 135 Å². The number of nitrogens with one attached hydrogen (secondary N) is 1. The fourth-order valence-corrected chi connectivity index (χ4v) is 5.45. The highest BCUT2D eigenvalue weighted by Gasteiger charge is 2.33. The van der Waals surface area contributed by atoms with Crippen LogP contribution in [0.3, 0.4) is 0 Å². The summed E-state index contributed by atoms with van der Waals surface area (Å²) < 4.78 is 0. The van der Waals surface area contributed by atoms with Gasteiger partial charge in [0.2, 0.25) is 0 Å². The van der Waals surface area contributed by atoms with Gasteiger partial charge in [-0.1, -0.05) is 108 Å². The zero-order valence-electron chi connectivity index (χ0n) is 20.0. The van der Waals surface area contributed by atoms with Gasteiger partial charge in [0.05, 0.1) is 22.8 Å². The van der Waals surface area contributed by atoms with Crippen molar-refractivity contribution in [2.75, 3.05) is 24.5 Å². The maximum atomic E-state index is 13.7. The average molecular weight is 551 g/mol. The lowest BCUT2D eigenvalue weighted by Crippen LogP contribution is -2.53. The van der Waals surface area contributed by atoms with E-state index in [9.17, 15) is 4.79 Å². The first-order chi connectivity index (χ1) is 18.0. The van der Waals surface area contributed by atoms with Gasteiger partial charge in [0.15, 0.2) is 0 Å². The van der Waals surface area contributed by atoms with Crippen molar-refractivity contribution in [2.45, 2.75) is 12.1 Å². The maximum absolute atomic E-state index is 13.7. The van der Waals surface area contributed by atoms with Crippen molar-refractivity contribution in [1.82, 2.24) is 10.2 Å². The van der Waals surface area contributed by atoms with Crippen LogP contribution in [-0.2, 0) is 0 Å². The topological polar surface area (TPSA) is 35.6 Å². The zero-order valence-corrected chi connectivity index (χ0v) is 22.3. The summed E-state index contributed by atoms with van der Waals surface area (Å²) in [6.07, 6.45) is 0. The van der Waals surface area contributed by atoms with Gasteiger partial charge in [-0.2, -0.15) is 0 Å². The smallest absolute Gasteiger partial charge is 0.318 e. The molecule has 1 saturated heterocycles. The quantitative estimate of drug-likeness (QED) is 0.273. The molecule has 188 valence electrons. The van der Waals surface area contributed by atoms with E-state index in [1.165, 1.54) is 0 Å². The highest BCUT2D eigenvalue weighted by molar-refractivity contribution is 6.36. The van der Waals surface area contributed by atoms with Crippen molar-refractivity contribution < 1.29 is 4.79 Å². The Labute approximate surface area is 232 Å². The molecular weight excluding hydrogens is 525 g/mol. The predicted octanol–water partition coefficient (Wildman–Crippen LogP) is 8.01. The van der Waals surface area contributed by atoms with E-state index in [2.05, 4.69) is 10.2 Å². The van der Waals surface area contributed by atoms with Crippen molar-refractivity contribution in [3.63, 3.8) is 0 Å². The first-order valence-corrected chi connectivity index (χ1v) is 13.3. The molecule has 4 aromatic rings. The lowest BCUT2D eigenvalue weighted by atomic mass is 9.98. The van der Waals surface area contributed by atoms with Crippen LogP contribution in [0.15, 0.2) is 103 Å². The van der Waals surface area contributed by atoms with E-state index in [1.54, 1.807) is 6.07 Å². The summed E-state index contributed by atoms with van der Waals surface area (Å²) in [5.41, 5.74) is 4.00. The molecule has 4 nitrogen and oxygen atoms in total. The van der Waals surface area contributed by atoms with Gasteiger partial charge in [-0.05, 0) is 47.0 Å². The molecule has 1 unspecified atom stereocenters. The molecule has 1 atom stereocenters. The third-order valence-electron chi connectivity index (χ3n) is 6.68. The van der Waals surface area contributed by atoms with Gasteiger partial charge < -0.3 is 15.1 Å². The number of rotatable bonds is 5. The van der Waals surface area contributed by atoms with Crippen molar-refractivity contribution in [2.24, 2.45) is 0 Å². The molecule has 0 saturated carbocycles. The third kappa shape index (κ3) is 5.88. The maximum Gasteiger partial charge on any atom is 0.318 e. The Morgan fingerprint density at radius 3 is 1.95 bits per heavy atom. The number of hydrogen-bond acceptors (Lipinski definition) is 2. The molecule has 1 fully saturated rings. The number of halogens is 3. The second kappa shape index (κ2) is 11.5. The second-order valence-electron chi connectivity index (χ2n) is 9.01. The number of urea groups is 1. The highest BCUT2D eigenvalue weighted by Crippen LogP contribution is 2.37. The molecule has 7 heteroatoms. The van der Waals surface area contributed by atoms with Crippen LogP contribution in [0.25, 0.3) is 0 Å². The molecule has 0 spiro atoms. The molecule has 0 aromatic heterocycles.